The van der Waals surface area contributed by atoms with E-state index in [1.807, 2.05) is 0 Å². The van der Waals surface area contributed by atoms with Crippen LogP contribution >= 0.6 is 0 Å². The normalized spacial score (nSPS) is 12.6. The third kappa shape index (κ3) is 4.91. The van der Waals surface area contributed by atoms with Crippen LogP contribution in [0.2, 0.25) is 0 Å². The van der Waals surface area contributed by atoms with Crippen molar-refractivity contribution in [1.82, 2.24) is 9.88 Å². The summed E-state index contributed by atoms with van der Waals surface area (Å²) in [4.78, 5) is 0. The van der Waals surface area contributed by atoms with Crippen molar-refractivity contribution < 1.29 is 0 Å². The Morgan fingerprint density at radius 1 is 1.00 bits per heavy atom. The first-order chi connectivity index (χ1) is 12.6. The van der Waals surface area contributed by atoms with Crippen molar-refractivity contribution >= 4 is 29.6 Å². The van der Waals surface area contributed by atoms with Gasteiger partial charge in [-0.05, 0) is 45.3 Å². The highest BCUT2D eigenvalue weighted by Crippen LogP contribution is 2.20. The molecule has 0 aliphatic heterocycles. The Morgan fingerprint density at radius 3 is 2.50 bits per heavy atom. The van der Waals surface area contributed by atoms with Crippen LogP contribution in [-0.2, 0) is 0 Å². The molecule has 3 nitrogen and oxygen atoms in total. The Labute approximate surface area is 159 Å². The zero-order valence-electron chi connectivity index (χ0n) is 17.0. The van der Waals surface area contributed by atoms with Gasteiger partial charge in [0, 0.05) is 39.7 Å². The molecule has 3 heteroatoms. The molecule has 1 heterocycles. The quantitative estimate of drug-likeness (QED) is 0.552. The Hall–Kier alpha value is -1.74. The predicted octanol–water partition coefficient (Wildman–Crippen LogP) is 4.40. The van der Waals surface area contributed by atoms with Crippen molar-refractivity contribution in [3.05, 3.63) is 28.9 Å². The van der Waals surface area contributed by atoms with Gasteiger partial charge in [-0.25, -0.2) is 0 Å². The van der Waals surface area contributed by atoms with Gasteiger partial charge in [-0.2, -0.15) is 0 Å². The number of nitrogens with zero attached hydrogens (tertiary/aromatic N) is 1. The smallest absolute Gasteiger partial charge is 0.0441 e. The maximum Gasteiger partial charge on any atom is 0.0441 e. The lowest BCUT2D eigenvalue weighted by Crippen LogP contribution is -2.28. The molecule has 1 aromatic heterocycles. The number of hydrogen-bond acceptors (Lipinski definition) is 2. The highest BCUT2D eigenvalue weighted by atomic mass is 15.0. The second kappa shape index (κ2) is 10.4. The van der Waals surface area contributed by atoms with Crippen LogP contribution in [-0.4, -0.2) is 24.2 Å². The van der Waals surface area contributed by atoms with Crippen molar-refractivity contribution in [2.45, 2.75) is 65.3 Å². The summed E-state index contributed by atoms with van der Waals surface area (Å²) in [6.45, 7) is 18.7. The number of benzene rings is 1. The molecule has 0 saturated heterocycles. The summed E-state index contributed by atoms with van der Waals surface area (Å²) in [5.74, 6) is 0. The van der Waals surface area contributed by atoms with Crippen LogP contribution in [0.5, 0.6) is 0 Å². The average molecular weight is 356 g/mol. The van der Waals surface area contributed by atoms with E-state index in [1.54, 1.807) is 0 Å². The van der Waals surface area contributed by atoms with Crippen molar-refractivity contribution in [1.29, 1.82) is 0 Å². The van der Waals surface area contributed by atoms with E-state index in [1.165, 1.54) is 48.6 Å². The summed E-state index contributed by atoms with van der Waals surface area (Å²) in [5.41, 5.74) is 1.20. The minimum absolute atomic E-state index is 0.428. The Morgan fingerprint density at radius 2 is 1.77 bits per heavy atom. The number of unbranched alkanes of at least 4 members (excludes halogenated alkanes) is 3. The van der Waals surface area contributed by atoms with Gasteiger partial charge in [0.05, 0.1) is 0 Å². The van der Waals surface area contributed by atoms with Crippen molar-refractivity contribution in [2.24, 2.45) is 0 Å². The molecule has 1 atom stereocenters. The van der Waals surface area contributed by atoms with Gasteiger partial charge in [0.2, 0.25) is 0 Å². The molecule has 26 heavy (non-hydrogen) atoms. The fraction of sp³-hybridized carbons (Fsp3) is 0.565. The summed E-state index contributed by atoms with van der Waals surface area (Å²) in [5, 5.41) is 11.7. The molecular weight excluding hydrogens is 318 g/mol. The summed E-state index contributed by atoms with van der Waals surface area (Å²) < 4.78 is 2.34. The number of rotatable bonds is 12. The molecule has 0 amide bonds. The number of aromatic nitrogens is 1. The largest absolute Gasteiger partial charge is 0.384 e. The van der Waals surface area contributed by atoms with Gasteiger partial charge >= 0.3 is 0 Å². The zero-order valence-corrected chi connectivity index (χ0v) is 17.0. The molecule has 0 radical (unpaired) electrons. The maximum atomic E-state index is 4.42. The molecule has 0 aliphatic carbocycles. The van der Waals surface area contributed by atoms with E-state index in [-0.39, 0.29) is 0 Å². The molecule has 2 aromatic rings. The molecule has 1 unspecified atom stereocenters. The monoisotopic (exact) mass is 355 g/mol. The van der Waals surface area contributed by atoms with E-state index in [0.29, 0.717) is 6.04 Å². The second-order valence-corrected chi connectivity index (χ2v) is 7.32. The summed E-state index contributed by atoms with van der Waals surface area (Å²) in [6, 6.07) is 6.91. The number of nitrogens with one attached hydrogen (secondary N) is 2. The Balaban J connectivity index is 2.17. The first-order valence-electron chi connectivity index (χ1n) is 10.4. The minimum Gasteiger partial charge on any atom is -0.384 e. The van der Waals surface area contributed by atoms with E-state index in [9.17, 15) is 0 Å². The zero-order chi connectivity index (χ0) is 18.9. The van der Waals surface area contributed by atoms with Crippen LogP contribution in [0.15, 0.2) is 18.2 Å². The van der Waals surface area contributed by atoms with Crippen LogP contribution in [0, 0.1) is 0 Å². The van der Waals surface area contributed by atoms with E-state index < -0.39 is 0 Å². The fourth-order valence-electron chi connectivity index (χ4n) is 3.79. The van der Waals surface area contributed by atoms with Gasteiger partial charge in [-0.15, -0.1) is 0 Å². The topological polar surface area (TPSA) is 29.0 Å². The number of fused-ring (bicyclic) bond motifs is 1. The van der Waals surface area contributed by atoms with Gasteiger partial charge in [-0.3, -0.25) is 0 Å². The number of hydrogen-bond donors (Lipinski definition) is 2. The highest BCUT2D eigenvalue weighted by molar-refractivity contribution is 5.94. The van der Waals surface area contributed by atoms with Crippen LogP contribution in [0.25, 0.3) is 23.9 Å². The summed E-state index contributed by atoms with van der Waals surface area (Å²) in [6.07, 6.45) is 7.34. The molecule has 0 spiro atoms. The van der Waals surface area contributed by atoms with Crippen LogP contribution in [0.1, 0.15) is 65.3 Å². The third-order valence-corrected chi connectivity index (χ3v) is 5.26. The Kier molecular flexibility index (Phi) is 8.24. The lowest BCUT2D eigenvalue weighted by Gasteiger charge is -2.15. The molecule has 2 rings (SSSR count). The summed E-state index contributed by atoms with van der Waals surface area (Å²) in [7, 11) is 0. The van der Waals surface area contributed by atoms with Crippen LogP contribution < -0.4 is 21.3 Å². The first kappa shape index (κ1) is 20.6. The van der Waals surface area contributed by atoms with Crippen molar-refractivity contribution in [2.75, 3.05) is 25.0 Å². The minimum atomic E-state index is 0.428. The highest BCUT2D eigenvalue weighted by Gasteiger charge is 2.13. The van der Waals surface area contributed by atoms with E-state index >= 15 is 0 Å². The lowest BCUT2D eigenvalue weighted by atomic mass is 10.1. The molecule has 144 valence electrons. The average Bonchev–Trinajstić information content (AvgIpc) is 2.90. The molecule has 2 N–H and O–H groups in total. The van der Waals surface area contributed by atoms with Gasteiger partial charge in [0.1, 0.15) is 0 Å². The Bertz CT molecular complexity index is 775. The SMILES string of the molecule is C=c1c2cccc(NCCCCC)c2c(=C)n1C(C)CCCCNCC. The number of anilines is 1. The second-order valence-electron chi connectivity index (χ2n) is 7.32. The first-order valence-corrected chi connectivity index (χ1v) is 10.4. The molecule has 0 aliphatic rings. The van der Waals surface area contributed by atoms with Gasteiger partial charge in [0.15, 0.2) is 0 Å². The molecular formula is C23H37N3. The van der Waals surface area contributed by atoms with Crippen molar-refractivity contribution in [3.63, 3.8) is 0 Å². The lowest BCUT2D eigenvalue weighted by molar-refractivity contribution is 0.462. The van der Waals surface area contributed by atoms with Gasteiger partial charge in [-0.1, -0.05) is 58.4 Å². The van der Waals surface area contributed by atoms with E-state index in [2.05, 4.69) is 67.3 Å². The van der Waals surface area contributed by atoms with Crippen LogP contribution in [0.3, 0.4) is 0 Å². The molecule has 0 bridgehead atoms. The summed E-state index contributed by atoms with van der Waals surface area (Å²) >= 11 is 0. The standard InChI is InChI=1S/C23H37N3/c1-6-8-10-17-25-22-15-12-14-21-19(4)26(20(5)23(21)22)18(3)13-9-11-16-24-7-2/h12,14-15,18,24-25H,4-11,13,16-17H2,1-3H3. The molecule has 0 fully saturated rings. The van der Waals surface area contributed by atoms with Crippen LogP contribution in [0.4, 0.5) is 5.69 Å². The maximum absolute atomic E-state index is 4.42. The fourth-order valence-corrected chi connectivity index (χ4v) is 3.79. The van der Waals surface area contributed by atoms with Gasteiger partial charge < -0.3 is 15.2 Å². The third-order valence-electron chi connectivity index (χ3n) is 5.26. The van der Waals surface area contributed by atoms with E-state index in [0.717, 1.165) is 36.8 Å². The van der Waals surface area contributed by atoms with E-state index in [4.69, 9.17) is 0 Å². The van der Waals surface area contributed by atoms with Crippen molar-refractivity contribution in [3.8, 4) is 0 Å². The van der Waals surface area contributed by atoms with Gasteiger partial charge in [0.25, 0.3) is 0 Å². The predicted molar refractivity (Wildman–Crippen MR) is 117 cm³/mol. The molecule has 1 aromatic carbocycles. The molecule has 0 saturated carbocycles.